The molecule has 1 heterocycles. The summed E-state index contributed by atoms with van der Waals surface area (Å²) in [7, 11) is 0. The van der Waals surface area contributed by atoms with Gasteiger partial charge in [-0.1, -0.05) is 0 Å². The monoisotopic (exact) mass is 220 g/mol. The summed E-state index contributed by atoms with van der Waals surface area (Å²) in [6, 6.07) is 2.22. The highest BCUT2D eigenvalue weighted by Gasteiger charge is 2.11. The van der Waals surface area contributed by atoms with Gasteiger partial charge in [-0.3, -0.25) is 0 Å². The van der Waals surface area contributed by atoms with Crippen molar-refractivity contribution < 1.29 is 5.11 Å². The zero-order chi connectivity index (χ0) is 12.0. The molecule has 5 heteroatoms. The molecule has 5 nitrogen and oxygen atoms in total. The maximum atomic E-state index is 8.82. The number of anilines is 1. The summed E-state index contributed by atoms with van der Waals surface area (Å²) in [5.41, 5.74) is 0.314. The molecule has 0 aliphatic heterocycles. The van der Waals surface area contributed by atoms with Crippen LogP contribution in [0.3, 0.4) is 0 Å². The lowest BCUT2D eigenvalue weighted by atomic mass is 10.3. The van der Waals surface area contributed by atoms with E-state index in [1.165, 1.54) is 6.20 Å². The van der Waals surface area contributed by atoms with Crippen molar-refractivity contribution in [1.29, 1.82) is 5.26 Å². The van der Waals surface area contributed by atoms with E-state index >= 15 is 0 Å². The molecule has 16 heavy (non-hydrogen) atoms. The summed E-state index contributed by atoms with van der Waals surface area (Å²) in [6.45, 7) is 5.00. The van der Waals surface area contributed by atoms with Gasteiger partial charge in [0.05, 0.1) is 12.4 Å². The van der Waals surface area contributed by atoms with Crippen molar-refractivity contribution in [2.24, 2.45) is 0 Å². The minimum Gasteiger partial charge on any atom is -0.396 e. The highest BCUT2D eigenvalue weighted by molar-refractivity contribution is 5.38. The highest BCUT2D eigenvalue weighted by atomic mass is 16.3. The van der Waals surface area contributed by atoms with E-state index in [1.54, 1.807) is 6.20 Å². The second kappa shape index (κ2) is 6.03. The van der Waals surface area contributed by atoms with Gasteiger partial charge in [-0.15, -0.1) is 0 Å². The van der Waals surface area contributed by atoms with Crippen LogP contribution in [0.25, 0.3) is 0 Å². The first kappa shape index (κ1) is 12.4. The molecule has 0 saturated carbocycles. The molecule has 0 aliphatic carbocycles. The minimum atomic E-state index is 0.160. The van der Waals surface area contributed by atoms with Gasteiger partial charge in [0, 0.05) is 19.2 Å². The molecule has 0 spiro atoms. The third kappa shape index (κ3) is 3.17. The normalized spacial score (nSPS) is 10.2. The average Bonchev–Trinajstić information content (AvgIpc) is 2.30. The lowest BCUT2D eigenvalue weighted by Gasteiger charge is -2.27. The van der Waals surface area contributed by atoms with Crippen LogP contribution in [0.2, 0.25) is 0 Å². The number of aromatic nitrogens is 2. The smallest absolute Gasteiger partial charge is 0.158 e. The Kier molecular flexibility index (Phi) is 4.67. The lowest BCUT2D eigenvalue weighted by Crippen LogP contribution is -2.33. The molecule has 0 aromatic carbocycles. The minimum absolute atomic E-state index is 0.160. The van der Waals surface area contributed by atoms with Crippen molar-refractivity contribution in [2.75, 3.05) is 18.1 Å². The second-order valence-electron chi connectivity index (χ2n) is 3.74. The predicted octanol–water partition coefficient (Wildman–Crippen LogP) is 0.945. The van der Waals surface area contributed by atoms with Gasteiger partial charge >= 0.3 is 0 Å². The largest absolute Gasteiger partial charge is 0.396 e. The topological polar surface area (TPSA) is 73.0 Å². The summed E-state index contributed by atoms with van der Waals surface area (Å²) < 4.78 is 0. The van der Waals surface area contributed by atoms with Crippen LogP contribution in [0, 0.1) is 11.3 Å². The van der Waals surface area contributed by atoms with Crippen molar-refractivity contribution in [2.45, 2.75) is 26.3 Å². The molecule has 86 valence electrons. The molecule has 1 aromatic rings. The third-order valence-corrected chi connectivity index (χ3v) is 2.23. The van der Waals surface area contributed by atoms with E-state index in [0.29, 0.717) is 12.1 Å². The van der Waals surface area contributed by atoms with Gasteiger partial charge in [-0.05, 0) is 20.3 Å². The molecule has 0 radical (unpaired) electrons. The lowest BCUT2D eigenvalue weighted by molar-refractivity contribution is 0.288. The Morgan fingerprint density at radius 2 is 2.19 bits per heavy atom. The molecule has 1 aromatic heterocycles. The second-order valence-corrected chi connectivity index (χ2v) is 3.74. The maximum absolute atomic E-state index is 8.82. The molecule has 0 aliphatic rings. The quantitative estimate of drug-likeness (QED) is 0.799. The van der Waals surface area contributed by atoms with Gasteiger partial charge in [0.2, 0.25) is 0 Å². The summed E-state index contributed by atoms with van der Waals surface area (Å²) in [4.78, 5) is 10.2. The molecule has 1 rings (SSSR count). The van der Waals surface area contributed by atoms with Crippen LogP contribution < -0.4 is 4.90 Å². The zero-order valence-electron chi connectivity index (χ0n) is 9.59. The first-order valence-corrected chi connectivity index (χ1v) is 5.28. The Bertz CT molecular complexity index is 355. The van der Waals surface area contributed by atoms with Crippen molar-refractivity contribution in [3.63, 3.8) is 0 Å². The molecular weight excluding hydrogens is 204 g/mol. The van der Waals surface area contributed by atoms with Crippen LogP contribution >= 0.6 is 0 Å². The van der Waals surface area contributed by atoms with Crippen molar-refractivity contribution in [1.82, 2.24) is 9.97 Å². The predicted molar refractivity (Wildman–Crippen MR) is 60.9 cm³/mol. The molecule has 0 amide bonds. The molecule has 0 atom stereocenters. The van der Waals surface area contributed by atoms with Crippen molar-refractivity contribution in [3.8, 4) is 6.07 Å². The van der Waals surface area contributed by atoms with Gasteiger partial charge in [0.1, 0.15) is 11.9 Å². The van der Waals surface area contributed by atoms with E-state index in [9.17, 15) is 0 Å². The van der Waals surface area contributed by atoms with Crippen molar-refractivity contribution in [3.05, 3.63) is 18.1 Å². The maximum Gasteiger partial charge on any atom is 0.158 e. The van der Waals surface area contributed by atoms with Crippen LogP contribution in [0.15, 0.2) is 12.4 Å². The number of nitrogens with zero attached hydrogens (tertiary/aromatic N) is 4. The Labute approximate surface area is 95.4 Å². The van der Waals surface area contributed by atoms with Crippen LogP contribution in [0.4, 0.5) is 5.82 Å². The highest BCUT2D eigenvalue weighted by Crippen LogP contribution is 2.12. The number of aliphatic hydroxyl groups is 1. The fraction of sp³-hybridized carbons (Fsp3) is 0.545. The molecule has 0 bridgehead atoms. The van der Waals surface area contributed by atoms with Crippen LogP contribution in [-0.4, -0.2) is 34.3 Å². The van der Waals surface area contributed by atoms with E-state index in [1.807, 2.05) is 11.0 Å². The molecule has 1 N–H and O–H groups in total. The van der Waals surface area contributed by atoms with Gasteiger partial charge in [0.25, 0.3) is 0 Å². The first-order chi connectivity index (χ1) is 7.69. The van der Waals surface area contributed by atoms with E-state index in [4.69, 9.17) is 10.4 Å². The number of hydrogen-bond donors (Lipinski definition) is 1. The number of nitriles is 1. The van der Waals surface area contributed by atoms with Gasteiger partial charge < -0.3 is 10.0 Å². The Balaban J connectivity index is 2.80. The van der Waals surface area contributed by atoms with Crippen LogP contribution in [0.5, 0.6) is 0 Å². The molecule has 0 saturated heterocycles. The fourth-order valence-electron chi connectivity index (χ4n) is 1.41. The summed E-state index contributed by atoms with van der Waals surface area (Å²) in [5.74, 6) is 0.738. The third-order valence-electron chi connectivity index (χ3n) is 2.23. The Morgan fingerprint density at radius 3 is 2.62 bits per heavy atom. The zero-order valence-corrected chi connectivity index (χ0v) is 9.59. The molecule has 0 unspecified atom stereocenters. The number of rotatable bonds is 5. The van der Waals surface area contributed by atoms with E-state index in [2.05, 4.69) is 23.8 Å². The Morgan fingerprint density at radius 1 is 1.44 bits per heavy atom. The fourth-order valence-corrected chi connectivity index (χ4v) is 1.41. The average molecular weight is 220 g/mol. The summed E-state index contributed by atoms with van der Waals surface area (Å²) in [5, 5.41) is 17.4. The summed E-state index contributed by atoms with van der Waals surface area (Å²) in [6.07, 6.45) is 3.75. The van der Waals surface area contributed by atoms with E-state index in [0.717, 1.165) is 12.4 Å². The number of aliphatic hydroxyl groups excluding tert-OH is 1. The standard InChI is InChI=1S/C11H16N4O/c1-9(2)15(4-3-5-16)11-8-13-10(6-12)7-14-11/h7-9,16H,3-5H2,1-2H3. The van der Waals surface area contributed by atoms with Crippen LogP contribution in [0.1, 0.15) is 26.0 Å². The van der Waals surface area contributed by atoms with Gasteiger partial charge in [0.15, 0.2) is 5.69 Å². The van der Waals surface area contributed by atoms with E-state index in [-0.39, 0.29) is 12.6 Å². The molecular formula is C11H16N4O. The first-order valence-electron chi connectivity index (χ1n) is 5.28. The van der Waals surface area contributed by atoms with Gasteiger partial charge in [-0.2, -0.15) is 5.26 Å². The van der Waals surface area contributed by atoms with Crippen molar-refractivity contribution >= 4 is 5.82 Å². The SMILES string of the molecule is CC(C)N(CCCO)c1cnc(C#N)cn1. The van der Waals surface area contributed by atoms with Crippen LogP contribution in [-0.2, 0) is 0 Å². The van der Waals surface area contributed by atoms with Gasteiger partial charge in [-0.25, -0.2) is 9.97 Å². The summed E-state index contributed by atoms with van der Waals surface area (Å²) >= 11 is 0. The van der Waals surface area contributed by atoms with E-state index < -0.39 is 0 Å². The number of hydrogen-bond acceptors (Lipinski definition) is 5. The molecule has 0 fully saturated rings. The Hall–Kier alpha value is -1.67.